The third-order valence-corrected chi connectivity index (χ3v) is 5.66. The number of barbiturate groups is 1. The zero-order chi connectivity index (χ0) is 27.8. The van der Waals surface area contributed by atoms with E-state index in [0.717, 1.165) is 16.5 Å². The van der Waals surface area contributed by atoms with Gasteiger partial charge in [-0.2, -0.15) is 13.2 Å². The van der Waals surface area contributed by atoms with Crippen LogP contribution in [-0.4, -0.2) is 22.8 Å². The zero-order valence-electron chi connectivity index (χ0n) is 19.2. The lowest BCUT2D eigenvalue weighted by Crippen LogP contribution is -2.54. The Hall–Kier alpha value is -4.71. The number of carbonyl (C=O) groups excluding carboxylic acids is 3. The SMILES string of the molecule is Cc1ccc(N2C(=O)NC(=O)/C(=C\c3ccc(Oc4ccc(C(F)(F)F)cc4[N+](=O)[O-])c(Cl)c3)C2=O)cc1. The lowest BCUT2D eigenvalue weighted by Gasteiger charge is -2.26. The molecule has 0 radical (unpaired) electrons. The van der Waals surface area contributed by atoms with Crippen molar-refractivity contribution in [1.29, 1.82) is 0 Å². The summed E-state index contributed by atoms with van der Waals surface area (Å²) in [7, 11) is 0. The molecular weight excluding hydrogens is 531 g/mol. The van der Waals surface area contributed by atoms with E-state index in [1.165, 1.54) is 24.3 Å². The number of imide groups is 2. The molecule has 1 aliphatic rings. The summed E-state index contributed by atoms with van der Waals surface area (Å²) in [5.41, 5.74) is -1.14. The van der Waals surface area contributed by atoms with Gasteiger partial charge in [-0.3, -0.25) is 25.0 Å². The maximum Gasteiger partial charge on any atom is 0.416 e. The van der Waals surface area contributed by atoms with Gasteiger partial charge in [-0.15, -0.1) is 0 Å². The van der Waals surface area contributed by atoms with Gasteiger partial charge in [-0.25, -0.2) is 9.69 Å². The molecule has 9 nitrogen and oxygen atoms in total. The highest BCUT2D eigenvalue weighted by Crippen LogP contribution is 2.39. The highest BCUT2D eigenvalue weighted by atomic mass is 35.5. The van der Waals surface area contributed by atoms with Crippen molar-refractivity contribution in [3.63, 3.8) is 0 Å². The molecule has 0 bridgehead atoms. The number of hydrogen-bond acceptors (Lipinski definition) is 6. The number of nitro groups is 1. The van der Waals surface area contributed by atoms with Crippen molar-refractivity contribution in [1.82, 2.24) is 5.32 Å². The van der Waals surface area contributed by atoms with Crippen molar-refractivity contribution in [3.8, 4) is 11.5 Å². The molecule has 0 atom stereocenters. The molecule has 0 aromatic heterocycles. The lowest BCUT2D eigenvalue weighted by atomic mass is 10.1. The van der Waals surface area contributed by atoms with Crippen molar-refractivity contribution < 1.29 is 37.2 Å². The predicted octanol–water partition coefficient (Wildman–Crippen LogP) is 6.03. The molecule has 0 unspecified atom stereocenters. The van der Waals surface area contributed by atoms with Crippen LogP contribution in [0.25, 0.3) is 6.08 Å². The number of urea groups is 1. The topological polar surface area (TPSA) is 119 Å². The van der Waals surface area contributed by atoms with E-state index in [-0.39, 0.29) is 27.6 Å². The van der Waals surface area contributed by atoms with Gasteiger partial charge in [-0.05, 0) is 55.0 Å². The number of nitro benzene ring substituents is 1. The van der Waals surface area contributed by atoms with Gasteiger partial charge in [0, 0.05) is 6.07 Å². The van der Waals surface area contributed by atoms with Crippen molar-refractivity contribution in [2.45, 2.75) is 13.1 Å². The Kier molecular flexibility index (Phi) is 6.92. The molecule has 3 aromatic rings. The average molecular weight is 546 g/mol. The standard InChI is InChI=1S/C25H15ClF3N3O6/c1-13-2-6-16(7-3-13)31-23(34)17(22(33)30-24(31)35)10-14-4-8-20(18(26)11-14)38-21-9-5-15(25(27,28)29)12-19(21)32(36)37/h2-12H,1H3,(H,30,33,35)/b17-10+. The number of amides is 4. The average Bonchev–Trinajstić information content (AvgIpc) is 2.84. The van der Waals surface area contributed by atoms with Gasteiger partial charge in [0.15, 0.2) is 0 Å². The number of aryl methyl sites for hydroxylation is 1. The molecule has 3 aromatic carbocycles. The van der Waals surface area contributed by atoms with Gasteiger partial charge < -0.3 is 4.74 Å². The number of nitrogens with zero attached hydrogens (tertiary/aromatic N) is 2. The van der Waals surface area contributed by atoms with E-state index in [2.05, 4.69) is 5.32 Å². The molecule has 4 amide bonds. The smallest absolute Gasteiger partial charge is 0.416 e. The fraction of sp³-hybridized carbons (Fsp3) is 0.0800. The highest BCUT2D eigenvalue weighted by Gasteiger charge is 2.37. The summed E-state index contributed by atoms with van der Waals surface area (Å²) in [5.74, 6) is -2.42. The number of nitrogens with one attached hydrogen (secondary N) is 1. The second-order valence-electron chi connectivity index (χ2n) is 8.02. The molecule has 1 aliphatic heterocycles. The summed E-state index contributed by atoms with van der Waals surface area (Å²) in [6.07, 6.45) is -3.61. The number of ether oxygens (including phenoxy) is 1. The minimum Gasteiger partial charge on any atom is -0.449 e. The van der Waals surface area contributed by atoms with Gasteiger partial charge in [0.1, 0.15) is 11.3 Å². The van der Waals surface area contributed by atoms with Gasteiger partial charge in [0.25, 0.3) is 11.8 Å². The molecule has 1 fully saturated rings. The van der Waals surface area contributed by atoms with E-state index >= 15 is 0 Å². The minimum absolute atomic E-state index is 0.122. The normalized spacial score (nSPS) is 15.0. The largest absolute Gasteiger partial charge is 0.449 e. The zero-order valence-corrected chi connectivity index (χ0v) is 20.0. The minimum atomic E-state index is -4.79. The summed E-state index contributed by atoms with van der Waals surface area (Å²) < 4.78 is 44.2. The van der Waals surface area contributed by atoms with E-state index in [0.29, 0.717) is 12.1 Å². The first-order valence-electron chi connectivity index (χ1n) is 10.7. The Balaban J connectivity index is 1.63. The Morgan fingerprint density at radius 2 is 1.66 bits per heavy atom. The van der Waals surface area contributed by atoms with Crippen LogP contribution in [0, 0.1) is 17.0 Å². The summed E-state index contributed by atoms with van der Waals surface area (Å²) in [5, 5.41) is 13.3. The molecule has 38 heavy (non-hydrogen) atoms. The third-order valence-electron chi connectivity index (χ3n) is 5.36. The molecular formula is C25H15ClF3N3O6. The quantitative estimate of drug-likeness (QED) is 0.181. The first-order valence-corrected chi connectivity index (χ1v) is 11.0. The Labute approximate surface area is 217 Å². The number of rotatable bonds is 5. The molecule has 194 valence electrons. The molecule has 1 N–H and O–H groups in total. The number of hydrogen-bond donors (Lipinski definition) is 1. The van der Waals surface area contributed by atoms with Crippen LogP contribution in [0.4, 0.5) is 29.3 Å². The second-order valence-corrected chi connectivity index (χ2v) is 8.43. The molecule has 1 saturated heterocycles. The summed E-state index contributed by atoms with van der Waals surface area (Å²) >= 11 is 6.21. The predicted molar refractivity (Wildman–Crippen MR) is 130 cm³/mol. The van der Waals surface area contributed by atoms with E-state index in [4.69, 9.17) is 16.3 Å². The van der Waals surface area contributed by atoms with E-state index in [1.54, 1.807) is 24.3 Å². The fourth-order valence-electron chi connectivity index (χ4n) is 3.48. The van der Waals surface area contributed by atoms with Crippen LogP contribution < -0.4 is 15.0 Å². The first kappa shape index (κ1) is 26.4. The van der Waals surface area contributed by atoms with Gasteiger partial charge in [0.2, 0.25) is 5.75 Å². The molecule has 1 heterocycles. The Morgan fingerprint density at radius 1 is 1.00 bits per heavy atom. The summed E-state index contributed by atoms with van der Waals surface area (Å²) in [6.45, 7) is 1.82. The molecule has 4 rings (SSSR count). The Morgan fingerprint density at radius 3 is 2.26 bits per heavy atom. The number of benzene rings is 3. The number of alkyl halides is 3. The van der Waals surface area contributed by atoms with Gasteiger partial charge >= 0.3 is 17.9 Å². The van der Waals surface area contributed by atoms with Crippen molar-refractivity contribution in [3.05, 3.63) is 98.1 Å². The van der Waals surface area contributed by atoms with Crippen molar-refractivity contribution >= 4 is 46.9 Å². The maximum atomic E-state index is 13.0. The summed E-state index contributed by atoms with van der Waals surface area (Å²) in [6, 6.07) is 11.2. The molecule has 0 aliphatic carbocycles. The number of carbonyl (C=O) groups is 3. The first-order chi connectivity index (χ1) is 17.8. The van der Waals surface area contributed by atoms with Gasteiger partial charge in [0.05, 0.1) is 21.2 Å². The van der Waals surface area contributed by atoms with Crippen LogP contribution in [0.1, 0.15) is 16.7 Å². The van der Waals surface area contributed by atoms with Crippen molar-refractivity contribution in [2.24, 2.45) is 0 Å². The van der Waals surface area contributed by atoms with Crippen LogP contribution in [0.15, 0.2) is 66.2 Å². The van der Waals surface area contributed by atoms with Crippen LogP contribution in [0.5, 0.6) is 11.5 Å². The van der Waals surface area contributed by atoms with Crippen LogP contribution in [0.3, 0.4) is 0 Å². The van der Waals surface area contributed by atoms with Crippen LogP contribution in [-0.2, 0) is 15.8 Å². The summed E-state index contributed by atoms with van der Waals surface area (Å²) in [4.78, 5) is 48.8. The fourth-order valence-corrected chi connectivity index (χ4v) is 3.71. The third kappa shape index (κ3) is 5.34. The van der Waals surface area contributed by atoms with Crippen LogP contribution >= 0.6 is 11.6 Å². The van der Waals surface area contributed by atoms with E-state index < -0.39 is 45.9 Å². The van der Waals surface area contributed by atoms with E-state index in [1.807, 2.05) is 6.92 Å². The number of halogens is 4. The number of anilines is 1. The monoisotopic (exact) mass is 545 g/mol. The van der Waals surface area contributed by atoms with E-state index in [9.17, 15) is 37.7 Å². The highest BCUT2D eigenvalue weighted by molar-refractivity contribution is 6.39. The second kappa shape index (κ2) is 9.98. The molecule has 0 spiro atoms. The molecule has 13 heteroatoms. The van der Waals surface area contributed by atoms with Gasteiger partial charge in [-0.1, -0.05) is 35.4 Å². The Bertz CT molecular complexity index is 1520. The van der Waals surface area contributed by atoms with Crippen LogP contribution in [0.2, 0.25) is 5.02 Å². The lowest BCUT2D eigenvalue weighted by molar-refractivity contribution is -0.385. The maximum absolute atomic E-state index is 13.0. The van der Waals surface area contributed by atoms with Crippen molar-refractivity contribution in [2.75, 3.05) is 4.90 Å². The molecule has 0 saturated carbocycles.